The molecule has 0 aromatic carbocycles. The van der Waals surface area contributed by atoms with Gasteiger partial charge in [0, 0.05) is 6.04 Å². The maximum absolute atomic E-state index is 4.56. The summed E-state index contributed by atoms with van der Waals surface area (Å²) < 4.78 is 0. The Morgan fingerprint density at radius 3 is 3.00 bits per heavy atom. The summed E-state index contributed by atoms with van der Waals surface area (Å²) in [7, 11) is 0. The summed E-state index contributed by atoms with van der Waals surface area (Å²) in [6, 6.07) is 0.950. The summed E-state index contributed by atoms with van der Waals surface area (Å²) in [6.45, 7) is 4.24. The number of rotatable bonds is 0. The molecule has 0 aliphatic carbocycles. The van der Waals surface area contributed by atoms with Crippen molar-refractivity contribution in [1.29, 1.82) is 0 Å². The monoisotopic (exact) mass is 168 g/mol. The standard InChI is InChI=1S/C8H12N2S/c1-5-3-4-7-8(9-5)11-6(2)10-7/h5,7H,3-4H2,1-2H3. The van der Waals surface area contributed by atoms with Crippen LogP contribution in [0.25, 0.3) is 0 Å². The van der Waals surface area contributed by atoms with Crippen LogP contribution in [-0.2, 0) is 0 Å². The van der Waals surface area contributed by atoms with Gasteiger partial charge < -0.3 is 0 Å². The first-order chi connectivity index (χ1) is 5.25. The second-order valence-electron chi connectivity index (χ2n) is 3.16. The van der Waals surface area contributed by atoms with Crippen LogP contribution in [-0.4, -0.2) is 22.2 Å². The topological polar surface area (TPSA) is 24.7 Å². The van der Waals surface area contributed by atoms with Crippen LogP contribution in [0.15, 0.2) is 9.98 Å². The number of hydrogen-bond donors (Lipinski definition) is 0. The minimum absolute atomic E-state index is 0.427. The van der Waals surface area contributed by atoms with Gasteiger partial charge in [-0.05, 0) is 26.7 Å². The van der Waals surface area contributed by atoms with E-state index in [2.05, 4.69) is 23.8 Å². The first-order valence-electron chi connectivity index (χ1n) is 4.05. The van der Waals surface area contributed by atoms with Crippen molar-refractivity contribution in [3.05, 3.63) is 0 Å². The zero-order chi connectivity index (χ0) is 7.84. The minimum atomic E-state index is 0.427. The van der Waals surface area contributed by atoms with E-state index in [9.17, 15) is 0 Å². The summed E-state index contributed by atoms with van der Waals surface area (Å²) in [4.78, 5) is 9.05. The van der Waals surface area contributed by atoms with Crippen LogP contribution in [0.3, 0.4) is 0 Å². The summed E-state index contributed by atoms with van der Waals surface area (Å²) in [5.74, 6) is 0. The van der Waals surface area contributed by atoms with Gasteiger partial charge >= 0.3 is 0 Å². The number of thioether (sulfide) groups is 1. The van der Waals surface area contributed by atoms with Crippen molar-refractivity contribution in [2.75, 3.05) is 0 Å². The summed E-state index contributed by atoms with van der Waals surface area (Å²) in [6.07, 6.45) is 2.40. The van der Waals surface area contributed by atoms with Gasteiger partial charge in [0.05, 0.1) is 16.1 Å². The fourth-order valence-electron chi connectivity index (χ4n) is 1.50. The van der Waals surface area contributed by atoms with Gasteiger partial charge in [0.2, 0.25) is 0 Å². The molecule has 0 aromatic heterocycles. The van der Waals surface area contributed by atoms with Gasteiger partial charge in [-0.1, -0.05) is 11.8 Å². The number of hydrogen-bond acceptors (Lipinski definition) is 3. The summed E-state index contributed by atoms with van der Waals surface area (Å²) in [5.41, 5.74) is 0. The zero-order valence-corrected chi connectivity index (χ0v) is 7.69. The van der Waals surface area contributed by atoms with Crippen LogP contribution in [0.5, 0.6) is 0 Å². The average molecular weight is 168 g/mol. The fourth-order valence-corrected chi connectivity index (χ4v) is 2.52. The first kappa shape index (κ1) is 7.35. The molecule has 0 N–H and O–H groups in total. The quantitative estimate of drug-likeness (QED) is 0.543. The smallest absolute Gasteiger partial charge is 0.0990 e. The minimum Gasteiger partial charge on any atom is -0.277 e. The van der Waals surface area contributed by atoms with E-state index in [0.717, 1.165) is 0 Å². The second-order valence-corrected chi connectivity index (χ2v) is 4.37. The van der Waals surface area contributed by atoms with Gasteiger partial charge in [0.25, 0.3) is 0 Å². The molecule has 2 aliphatic heterocycles. The predicted molar refractivity (Wildman–Crippen MR) is 50.6 cm³/mol. The molecule has 0 amide bonds. The van der Waals surface area contributed by atoms with Gasteiger partial charge in [0.1, 0.15) is 0 Å². The van der Waals surface area contributed by atoms with Crippen LogP contribution in [0.1, 0.15) is 26.7 Å². The number of aliphatic imine (C=N–C) groups is 2. The third-order valence-corrected chi connectivity index (χ3v) is 3.07. The summed E-state index contributed by atoms with van der Waals surface area (Å²) >= 11 is 1.75. The molecule has 0 saturated heterocycles. The van der Waals surface area contributed by atoms with Gasteiger partial charge in [-0.2, -0.15) is 0 Å². The van der Waals surface area contributed by atoms with Gasteiger partial charge in [-0.15, -0.1) is 0 Å². The van der Waals surface area contributed by atoms with Crippen molar-refractivity contribution in [2.45, 2.75) is 38.8 Å². The largest absolute Gasteiger partial charge is 0.277 e. The molecule has 2 aliphatic rings. The Bertz CT molecular complexity index is 232. The van der Waals surface area contributed by atoms with Crippen molar-refractivity contribution in [2.24, 2.45) is 9.98 Å². The van der Waals surface area contributed by atoms with E-state index in [1.165, 1.54) is 22.9 Å². The van der Waals surface area contributed by atoms with Crippen molar-refractivity contribution < 1.29 is 0 Å². The molecular formula is C8H12N2S. The third kappa shape index (κ3) is 1.34. The van der Waals surface area contributed by atoms with E-state index in [4.69, 9.17) is 0 Å². The molecule has 2 unspecified atom stereocenters. The van der Waals surface area contributed by atoms with E-state index >= 15 is 0 Å². The fraction of sp³-hybridized carbons (Fsp3) is 0.750. The lowest BCUT2D eigenvalue weighted by molar-refractivity contribution is 0.578. The van der Waals surface area contributed by atoms with Crippen molar-refractivity contribution in [1.82, 2.24) is 0 Å². The molecule has 2 rings (SSSR count). The molecule has 0 bridgehead atoms. The average Bonchev–Trinajstić information content (AvgIpc) is 2.27. The van der Waals surface area contributed by atoms with Crippen LogP contribution < -0.4 is 0 Å². The van der Waals surface area contributed by atoms with Gasteiger partial charge in [-0.25, -0.2) is 0 Å². The molecule has 0 aromatic rings. The molecular weight excluding hydrogens is 156 g/mol. The van der Waals surface area contributed by atoms with Crippen molar-refractivity contribution in [3.8, 4) is 0 Å². The molecule has 0 fully saturated rings. The van der Waals surface area contributed by atoms with E-state index in [1.807, 2.05) is 0 Å². The van der Waals surface area contributed by atoms with Crippen LogP contribution in [0.2, 0.25) is 0 Å². The predicted octanol–water partition coefficient (Wildman–Crippen LogP) is 2.10. The van der Waals surface area contributed by atoms with E-state index in [1.54, 1.807) is 11.8 Å². The van der Waals surface area contributed by atoms with Gasteiger partial charge in [-0.3, -0.25) is 9.98 Å². The van der Waals surface area contributed by atoms with Crippen molar-refractivity contribution >= 4 is 21.8 Å². The Morgan fingerprint density at radius 2 is 2.18 bits per heavy atom. The molecule has 2 nitrogen and oxygen atoms in total. The lowest BCUT2D eigenvalue weighted by Crippen LogP contribution is -2.21. The highest BCUT2D eigenvalue weighted by molar-refractivity contribution is 8.27. The SMILES string of the molecule is CC1=NC2CCC(C)N=C2S1. The Kier molecular flexibility index (Phi) is 1.75. The van der Waals surface area contributed by atoms with Crippen LogP contribution >= 0.6 is 11.8 Å². The Labute approximate surface area is 71.2 Å². The van der Waals surface area contributed by atoms with Crippen molar-refractivity contribution in [3.63, 3.8) is 0 Å². The Balaban J connectivity index is 2.21. The Hall–Kier alpha value is -0.310. The van der Waals surface area contributed by atoms with E-state index in [0.29, 0.717) is 12.1 Å². The Morgan fingerprint density at radius 1 is 1.36 bits per heavy atom. The number of nitrogens with zero attached hydrogens (tertiary/aromatic N) is 2. The van der Waals surface area contributed by atoms with E-state index < -0.39 is 0 Å². The highest BCUT2D eigenvalue weighted by atomic mass is 32.2. The van der Waals surface area contributed by atoms with E-state index in [-0.39, 0.29) is 0 Å². The molecule has 0 saturated carbocycles. The highest BCUT2D eigenvalue weighted by Crippen LogP contribution is 2.29. The van der Waals surface area contributed by atoms with Gasteiger partial charge in [0.15, 0.2) is 0 Å². The molecule has 60 valence electrons. The molecule has 3 heteroatoms. The molecule has 0 radical (unpaired) electrons. The normalized spacial score (nSPS) is 36.2. The second kappa shape index (κ2) is 2.63. The van der Waals surface area contributed by atoms with Crippen LogP contribution in [0.4, 0.5) is 0 Å². The van der Waals surface area contributed by atoms with Crippen LogP contribution in [0, 0.1) is 0 Å². The maximum Gasteiger partial charge on any atom is 0.0990 e. The maximum atomic E-state index is 4.56. The molecule has 0 spiro atoms. The lowest BCUT2D eigenvalue weighted by Gasteiger charge is -2.17. The lowest BCUT2D eigenvalue weighted by atomic mass is 10.1. The number of fused-ring (bicyclic) bond motifs is 1. The summed E-state index contributed by atoms with van der Waals surface area (Å²) in [5, 5.41) is 2.43. The first-order valence-corrected chi connectivity index (χ1v) is 4.87. The zero-order valence-electron chi connectivity index (χ0n) is 6.87. The molecule has 2 atom stereocenters. The molecule has 2 heterocycles. The molecule has 11 heavy (non-hydrogen) atoms. The highest BCUT2D eigenvalue weighted by Gasteiger charge is 2.27. The third-order valence-electron chi connectivity index (χ3n) is 2.08.